The second kappa shape index (κ2) is 5.86. The van der Waals surface area contributed by atoms with Crippen LogP contribution in [0.15, 0.2) is 10.6 Å². The summed E-state index contributed by atoms with van der Waals surface area (Å²) in [7, 11) is 0. The number of nitrogens with one attached hydrogen (secondary N) is 1. The molecule has 2 aliphatic rings. The predicted octanol–water partition coefficient (Wildman–Crippen LogP) is 2.87. The van der Waals surface area contributed by atoms with Crippen molar-refractivity contribution in [3.05, 3.63) is 17.5 Å². The van der Waals surface area contributed by atoms with Crippen LogP contribution in [-0.2, 0) is 6.54 Å². The van der Waals surface area contributed by atoms with E-state index in [0.29, 0.717) is 11.6 Å². The van der Waals surface area contributed by atoms with Crippen LogP contribution in [0.5, 0.6) is 0 Å². The fraction of sp³-hybridized carbons (Fsp3) is 0.812. The Bertz CT molecular complexity index is 437. The Hall–Kier alpha value is -0.870. The minimum atomic E-state index is 0.364. The highest BCUT2D eigenvalue weighted by atomic mass is 16.5. The van der Waals surface area contributed by atoms with E-state index in [1.54, 1.807) is 0 Å². The molecule has 1 N–H and O–H groups in total. The predicted molar refractivity (Wildman–Crippen MR) is 79.5 cm³/mol. The van der Waals surface area contributed by atoms with Crippen molar-refractivity contribution in [1.82, 2.24) is 15.4 Å². The Balaban J connectivity index is 1.71. The summed E-state index contributed by atoms with van der Waals surface area (Å²) in [6, 6.07) is 2.70. The molecule has 1 aliphatic carbocycles. The first-order chi connectivity index (χ1) is 9.71. The van der Waals surface area contributed by atoms with E-state index in [4.69, 9.17) is 4.52 Å². The number of nitrogens with zero attached hydrogens (tertiary/aromatic N) is 2. The van der Waals surface area contributed by atoms with Gasteiger partial charge in [-0.3, -0.25) is 4.90 Å². The molecule has 0 aromatic carbocycles. The van der Waals surface area contributed by atoms with Crippen molar-refractivity contribution in [1.29, 1.82) is 0 Å². The standard InChI is InChI=1S/C16H27N3O/c1-3-15-10-17-16(7-5-4-6-8-16)12-19(15)11-14-9-13(2)20-18-14/h9,15,17H,3-8,10-12H2,1-2H3. The second-order valence-corrected chi connectivity index (χ2v) is 6.62. The van der Waals surface area contributed by atoms with Crippen molar-refractivity contribution < 1.29 is 4.52 Å². The lowest BCUT2D eigenvalue weighted by Crippen LogP contribution is -2.64. The Labute approximate surface area is 121 Å². The van der Waals surface area contributed by atoms with Gasteiger partial charge in [-0.2, -0.15) is 0 Å². The molecule has 2 heterocycles. The number of piperazine rings is 1. The Morgan fingerprint density at radius 2 is 2.20 bits per heavy atom. The lowest BCUT2D eigenvalue weighted by molar-refractivity contribution is 0.0469. The molecule has 20 heavy (non-hydrogen) atoms. The lowest BCUT2D eigenvalue weighted by Gasteiger charge is -2.49. The number of aromatic nitrogens is 1. The maximum absolute atomic E-state index is 5.22. The molecule has 1 atom stereocenters. The molecule has 112 valence electrons. The summed E-state index contributed by atoms with van der Waals surface area (Å²) >= 11 is 0. The summed E-state index contributed by atoms with van der Waals surface area (Å²) in [6.07, 6.45) is 8.01. The first-order valence-electron chi connectivity index (χ1n) is 8.12. The number of hydrogen-bond acceptors (Lipinski definition) is 4. The van der Waals surface area contributed by atoms with E-state index in [0.717, 1.165) is 31.1 Å². The highest BCUT2D eigenvalue weighted by Crippen LogP contribution is 2.32. The van der Waals surface area contributed by atoms with E-state index < -0.39 is 0 Å². The highest BCUT2D eigenvalue weighted by molar-refractivity contribution is 5.06. The van der Waals surface area contributed by atoms with Gasteiger partial charge in [-0.1, -0.05) is 31.3 Å². The van der Waals surface area contributed by atoms with Crippen LogP contribution in [0.25, 0.3) is 0 Å². The first kappa shape index (κ1) is 14.1. The summed E-state index contributed by atoms with van der Waals surface area (Å²) in [6.45, 7) is 7.46. The summed E-state index contributed by atoms with van der Waals surface area (Å²) in [5, 5.41) is 8.05. The average molecular weight is 277 g/mol. The van der Waals surface area contributed by atoms with E-state index in [2.05, 4.69) is 28.4 Å². The SMILES string of the molecule is CCC1CNC2(CCCCC2)CN1Cc1cc(C)on1. The Morgan fingerprint density at radius 3 is 2.85 bits per heavy atom. The number of rotatable bonds is 3. The van der Waals surface area contributed by atoms with Gasteiger partial charge in [0.15, 0.2) is 0 Å². The van der Waals surface area contributed by atoms with Crippen molar-refractivity contribution in [2.75, 3.05) is 13.1 Å². The van der Waals surface area contributed by atoms with Crippen molar-refractivity contribution in [2.45, 2.75) is 70.5 Å². The minimum Gasteiger partial charge on any atom is -0.361 e. The van der Waals surface area contributed by atoms with Crippen molar-refractivity contribution in [3.8, 4) is 0 Å². The zero-order valence-corrected chi connectivity index (χ0v) is 12.8. The summed E-state index contributed by atoms with van der Waals surface area (Å²) in [5.41, 5.74) is 1.44. The zero-order chi connectivity index (χ0) is 14.0. The Morgan fingerprint density at radius 1 is 1.40 bits per heavy atom. The molecule has 4 nitrogen and oxygen atoms in total. The molecule has 1 aromatic rings. The summed E-state index contributed by atoms with van der Waals surface area (Å²) in [5.74, 6) is 0.913. The van der Waals surface area contributed by atoms with Gasteiger partial charge in [0.2, 0.25) is 0 Å². The van der Waals surface area contributed by atoms with Gasteiger partial charge in [0.1, 0.15) is 5.76 Å². The largest absolute Gasteiger partial charge is 0.361 e. The molecule has 1 aromatic heterocycles. The van der Waals surface area contributed by atoms with E-state index in [1.165, 1.54) is 38.5 Å². The van der Waals surface area contributed by atoms with Gasteiger partial charge in [0.25, 0.3) is 0 Å². The molecule has 1 saturated heterocycles. The molecular weight excluding hydrogens is 250 g/mol. The van der Waals surface area contributed by atoms with Crippen LogP contribution < -0.4 is 5.32 Å². The Kier molecular flexibility index (Phi) is 4.13. The third-order valence-electron chi connectivity index (χ3n) is 5.06. The maximum Gasteiger partial charge on any atom is 0.133 e. The van der Waals surface area contributed by atoms with Gasteiger partial charge in [0.05, 0.1) is 5.69 Å². The van der Waals surface area contributed by atoms with Crippen LogP contribution in [-0.4, -0.2) is 34.7 Å². The topological polar surface area (TPSA) is 41.3 Å². The van der Waals surface area contributed by atoms with Gasteiger partial charge in [-0.25, -0.2) is 0 Å². The minimum absolute atomic E-state index is 0.364. The van der Waals surface area contributed by atoms with Crippen LogP contribution >= 0.6 is 0 Å². The summed E-state index contributed by atoms with van der Waals surface area (Å²) < 4.78 is 5.22. The fourth-order valence-corrected chi connectivity index (χ4v) is 3.89. The molecule has 1 unspecified atom stereocenters. The maximum atomic E-state index is 5.22. The van der Waals surface area contributed by atoms with Crippen molar-refractivity contribution in [3.63, 3.8) is 0 Å². The molecule has 0 amide bonds. The monoisotopic (exact) mass is 277 g/mol. The number of aryl methyl sites for hydroxylation is 1. The molecule has 0 radical (unpaired) electrons. The third kappa shape index (κ3) is 2.91. The van der Waals surface area contributed by atoms with Crippen LogP contribution in [0.3, 0.4) is 0 Å². The average Bonchev–Trinajstić information content (AvgIpc) is 2.85. The van der Waals surface area contributed by atoms with E-state index in [-0.39, 0.29) is 0 Å². The second-order valence-electron chi connectivity index (χ2n) is 6.62. The van der Waals surface area contributed by atoms with Gasteiger partial charge in [-0.15, -0.1) is 0 Å². The van der Waals surface area contributed by atoms with Crippen LogP contribution in [0.1, 0.15) is 56.9 Å². The van der Waals surface area contributed by atoms with Gasteiger partial charge >= 0.3 is 0 Å². The molecule has 3 rings (SSSR count). The third-order valence-corrected chi connectivity index (χ3v) is 5.06. The van der Waals surface area contributed by atoms with Gasteiger partial charge < -0.3 is 9.84 Å². The smallest absolute Gasteiger partial charge is 0.133 e. The molecule has 1 aliphatic heterocycles. The molecule has 0 bridgehead atoms. The molecule has 1 saturated carbocycles. The molecule has 4 heteroatoms. The van der Waals surface area contributed by atoms with Gasteiger partial charge in [-0.05, 0) is 26.2 Å². The fourth-order valence-electron chi connectivity index (χ4n) is 3.89. The highest BCUT2D eigenvalue weighted by Gasteiger charge is 2.39. The van der Waals surface area contributed by atoms with Gasteiger partial charge in [0, 0.05) is 37.3 Å². The molecular formula is C16H27N3O. The normalized spacial score (nSPS) is 27.0. The van der Waals surface area contributed by atoms with E-state index >= 15 is 0 Å². The van der Waals surface area contributed by atoms with Crippen LogP contribution in [0, 0.1) is 6.92 Å². The van der Waals surface area contributed by atoms with E-state index in [9.17, 15) is 0 Å². The lowest BCUT2D eigenvalue weighted by atomic mass is 9.79. The van der Waals surface area contributed by atoms with Crippen molar-refractivity contribution in [2.24, 2.45) is 0 Å². The van der Waals surface area contributed by atoms with Crippen LogP contribution in [0.4, 0.5) is 0 Å². The molecule has 2 fully saturated rings. The zero-order valence-electron chi connectivity index (χ0n) is 12.8. The van der Waals surface area contributed by atoms with E-state index in [1.807, 2.05) is 6.92 Å². The van der Waals surface area contributed by atoms with Crippen molar-refractivity contribution >= 4 is 0 Å². The molecule has 1 spiro atoms. The first-order valence-corrected chi connectivity index (χ1v) is 8.12. The van der Waals surface area contributed by atoms with Crippen LogP contribution in [0.2, 0.25) is 0 Å². The quantitative estimate of drug-likeness (QED) is 0.922. The summed E-state index contributed by atoms with van der Waals surface area (Å²) in [4.78, 5) is 2.62. The number of hydrogen-bond donors (Lipinski definition) is 1.